The molecule has 8 atom stereocenters. The van der Waals surface area contributed by atoms with Crippen LogP contribution in [0.3, 0.4) is 0 Å². The van der Waals surface area contributed by atoms with Gasteiger partial charge in [0.25, 0.3) is 0 Å². The molecule has 0 aromatic carbocycles. The zero-order valence-electron chi connectivity index (χ0n) is 65.8. The fourth-order valence-electron chi connectivity index (χ4n) is 12.3. The van der Waals surface area contributed by atoms with Crippen molar-refractivity contribution >= 4 is 39.5 Å². The highest BCUT2D eigenvalue weighted by Crippen LogP contribution is 2.45. The second-order valence-corrected chi connectivity index (χ2v) is 33.3. The first-order valence-corrected chi connectivity index (χ1v) is 44.8. The molecule has 5 unspecified atom stereocenters. The molecule has 0 spiro atoms. The van der Waals surface area contributed by atoms with Gasteiger partial charge in [-0.1, -0.05) is 364 Å². The van der Waals surface area contributed by atoms with Gasteiger partial charge in [0, 0.05) is 25.7 Å². The Kier molecular flexibility index (Phi) is 68.7. The number of carbonyl (C=O) groups excluding carboxylic acids is 4. The first-order chi connectivity index (χ1) is 48.2. The number of carbonyl (C=O) groups is 4. The van der Waals surface area contributed by atoms with Gasteiger partial charge in [0.05, 0.1) is 26.4 Å². The lowest BCUT2D eigenvalue weighted by atomic mass is 9.99. The average Bonchev–Trinajstić information content (AvgIpc) is 0.921. The van der Waals surface area contributed by atoms with Gasteiger partial charge in [-0.15, -0.1) is 0 Å². The largest absolute Gasteiger partial charge is 0.472 e. The Morgan fingerprint density at radius 3 is 0.710 bits per heavy atom. The van der Waals surface area contributed by atoms with Gasteiger partial charge >= 0.3 is 39.5 Å². The summed E-state index contributed by atoms with van der Waals surface area (Å²) in [5, 5.41) is 10.6. The zero-order valence-corrected chi connectivity index (χ0v) is 67.6. The van der Waals surface area contributed by atoms with Crippen LogP contribution in [-0.4, -0.2) is 96.7 Å². The predicted octanol–water partition coefficient (Wildman–Crippen LogP) is 24.0. The van der Waals surface area contributed by atoms with Crippen molar-refractivity contribution in [1.29, 1.82) is 0 Å². The van der Waals surface area contributed by atoms with Crippen molar-refractivity contribution in [3.8, 4) is 0 Å². The molecule has 0 aliphatic rings. The number of rotatable bonds is 78. The van der Waals surface area contributed by atoms with Crippen LogP contribution in [0.4, 0.5) is 0 Å². The molecule has 0 aliphatic carbocycles. The van der Waals surface area contributed by atoms with E-state index in [-0.39, 0.29) is 25.7 Å². The predicted molar refractivity (Wildman–Crippen MR) is 409 cm³/mol. The highest BCUT2D eigenvalue weighted by molar-refractivity contribution is 7.47. The molecule has 17 nitrogen and oxygen atoms in total. The lowest BCUT2D eigenvalue weighted by Gasteiger charge is -2.21. The molecule has 0 radical (unpaired) electrons. The normalized spacial score (nSPS) is 14.8. The van der Waals surface area contributed by atoms with Crippen molar-refractivity contribution in [2.45, 2.75) is 433 Å². The first kappa shape index (κ1) is 98.1. The second kappa shape index (κ2) is 70.1. The van der Waals surface area contributed by atoms with Crippen LogP contribution < -0.4 is 0 Å². The van der Waals surface area contributed by atoms with E-state index in [0.29, 0.717) is 25.7 Å². The van der Waals surface area contributed by atoms with E-state index in [2.05, 4.69) is 55.4 Å². The van der Waals surface area contributed by atoms with Crippen LogP contribution in [0, 0.1) is 23.7 Å². The van der Waals surface area contributed by atoms with Crippen LogP contribution in [0.5, 0.6) is 0 Å². The Morgan fingerprint density at radius 1 is 0.280 bits per heavy atom. The summed E-state index contributed by atoms with van der Waals surface area (Å²) in [4.78, 5) is 73.0. The Morgan fingerprint density at radius 2 is 0.480 bits per heavy atom. The third-order valence-corrected chi connectivity index (χ3v) is 21.8. The Labute approximate surface area is 613 Å². The summed E-state index contributed by atoms with van der Waals surface area (Å²) in [6.07, 6.45) is 56.8. The summed E-state index contributed by atoms with van der Waals surface area (Å²) in [5.41, 5.74) is 0. The third-order valence-electron chi connectivity index (χ3n) is 19.9. The van der Waals surface area contributed by atoms with E-state index >= 15 is 0 Å². The van der Waals surface area contributed by atoms with Gasteiger partial charge in [0.15, 0.2) is 12.2 Å². The molecule has 100 heavy (non-hydrogen) atoms. The second-order valence-electron chi connectivity index (χ2n) is 30.4. The first-order valence-electron chi connectivity index (χ1n) is 41.8. The van der Waals surface area contributed by atoms with Crippen molar-refractivity contribution in [2.24, 2.45) is 23.7 Å². The highest BCUT2D eigenvalue weighted by atomic mass is 31.2. The Bertz CT molecular complexity index is 1960. The minimum absolute atomic E-state index is 0.104. The standard InChI is InChI=1S/C81H158O17P2/c1-9-72(6)58-50-42-34-26-22-18-16-14-12-13-15-17-19-23-28-39-47-55-63-80(85)97-76(67-91-78(83)61-53-45-37-27-24-20-21-25-33-41-49-57-71(4)5)69-95-99(87,88)93-65-75(82)66-94-100(89,90)96-70-77(98-81(86)64-56-48-40-32-30-36-44-52-60-74(8)11-3)68-92-79(84)62-54-46-38-31-29-35-43-51-59-73(7)10-2/h71-77,82H,9-70H2,1-8H3,(H,87,88)(H,89,90)/t72?,73?,74?,75-,76-,77-/m1/s1. The van der Waals surface area contributed by atoms with Gasteiger partial charge in [-0.05, 0) is 49.4 Å². The maximum atomic E-state index is 13.1. The van der Waals surface area contributed by atoms with Gasteiger partial charge in [-0.25, -0.2) is 9.13 Å². The van der Waals surface area contributed by atoms with Crippen molar-refractivity contribution in [3.63, 3.8) is 0 Å². The number of aliphatic hydroxyl groups is 1. The number of phosphoric ester groups is 2. The van der Waals surface area contributed by atoms with E-state index in [1.807, 2.05) is 0 Å². The molecule has 0 aromatic rings. The lowest BCUT2D eigenvalue weighted by molar-refractivity contribution is -0.161. The summed E-state index contributed by atoms with van der Waals surface area (Å²) < 4.78 is 68.7. The number of ether oxygens (including phenoxy) is 4. The van der Waals surface area contributed by atoms with Gasteiger partial charge in [-0.3, -0.25) is 37.3 Å². The SMILES string of the molecule is CCC(C)CCCCCCCCCCCCCCCCCCCCC(=O)O[C@H](COC(=O)CCCCCCCCCCCCCC(C)C)COP(=O)(O)OC[C@@H](O)COP(=O)(O)OC[C@@H](COC(=O)CCCCCCCCCCC(C)CC)OC(=O)CCCCCCCCCCC(C)CC. The fraction of sp³-hybridized carbons (Fsp3) is 0.951. The molecule has 0 heterocycles. The lowest BCUT2D eigenvalue weighted by Crippen LogP contribution is -2.30. The van der Waals surface area contributed by atoms with Crippen LogP contribution in [0.2, 0.25) is 0 Å². The van der Waals surface area contributed by atoms with Gasteiger partial charge in [0.2, 0.25) is 0 Å². The van der Waals surface area contributed by atoms with Gasteiger partial charge in [0.1, 0.15) is 19.3 Å². The molecule has 0 amide bonds. The molecule has 0 saturated carbocycles. The minimum Gasteiger partial charge on any atom is -0.462 e. The quantitative estimate of drug-likeness (QED) is 0.0222. The number of aliphatic hydroxyl groups excluding tert-OH is 1. The van der Waals surface area contributed by atoms with Gasteiger partial charge < -0.3 is 33.8 Å². The van der Waals surface area contributed by atoms with Crippen LogP contribution in [0.1, 0.15) is 415 Å². The summed E-state index contributed by atoms with van der Waals surface area (Å²) in [6.45, 7) is 14.3. The molecule has 594 valence electrons. The summed E-state index contributed by atoms with van der Waals surface area (Å²) >= 11 is 0. The van der Waals surface area contributed by atoms with Gasteiger partial charge in [-0.2, -0.15) is 0 Å². The average molecular weight is 1470 g/mol. The van der Waals surface area contributed by atoms with Crippen molar-refractivity contribution in [3.05, 3.63) is 0 Å². The zero-order chi connectivity index (χ0) is 73.8. The maximum absolute atomic E-state index is 13.1. The molecule has 0 saturated heterocycles. The Hall–Kier alpha value is -1.94. The molecule has 0 aliphatic heterocycles. The van der Waals surface area contributed by atoms with E-state index < -0.39 is 97.5 Å². The van der Waals surface area contributed by atoms with E-state index in [9.17, 15) is 43.2 Å². The summed E-state index contributed by atoms with van der Waals surface area (Å²) in [5.74, 6) is 1.07. The molecule has 3 N–H and O–H groups in total. The molecule has 0 fully saturated rings. The van der Waals surface area contributed by atoms with Crippen LogP contribution in [0.25, 0.3) is 0 Å². The summed E-state index contributed by atoms with van der Waals surface area (Å²) in [7, 11) is -9.92. The van der Waals surface area contributed by atoms with E-state index in [4.69, 9.17) is 37.0 Å². The molecule has 0 bridgehead atoms. The number of unbranched alkanes of at least 4 members (excludes halogenated alkanes) is 41. The van der Waals surface area contributed by atoms with Crippen molar-refractivity contribution in [2.75, 3.05) is 39.6 Å². The number of hydrogen-bond acceptors (Lipinski definition) is 15. The summed E-state index contributed by atoms with van der Waals surface area (Å²) in [6, 6.07) is 0. The fourth-order valence-corrected chi connectivity index (χ4v) is 13.9. The molecular weight excluding hydrogens is 1310 g/mol. The van der Waals surface area contributed by atoms with E-state index in [1.54, 1.807) is 0 Å². The topological polar surface area (TPSA) is 237 Å². The van der Waals surface area contributed by atoms with Crippen LogP contribution in [-0.2, 0) is 65.4 Å². The monoisotopic (exact) mass is 1470 g/mol. The van der Waals surface area contributed by atoms with Crippen molar-refractivity contribution < 1.29 is 80.2 Å². The van der Waals surface area contributed by atoms with Crippen LogP contribution >= 0.6 is 15.6 Å². The van der Waals surface area contributed by atoms with Crippen LogP contribution in [0.15, 0.2) is 0 Å². The highest BCUT2D eigenvalue weighted by Gasteiger charge is 2.30. The Balaban J connectivity index is 5.23. The van der Waals surface area contributed by atoms with Crippen molar-refractivity contribution in [1.82, 2.24) is 0 Å². The molecule has 0 rings (SSSR count). The van der Waals surface area contributed by atoms with E-state index in [0.717, 1.165) is 114 Å². The number of esters is 4. The molecule has 0 aromatic heterocycles. The van der Waals surface area contributed by atoms with E-state index in [1.165, 1.54) is 218 Å². The number of hydrogen-bond donors (Lipinski definition) is 3. The smallest absolute Gasteiger partial charge is 0.462 e. The third kappa shape index (κ3) is 70.4. The maximum Gasteiger partial charge on any atom is 0.472 e. The molecule has 19 heteroatoms. The number of phosphoric acid groups is 2. The molecular formula is C81H158O17P2. The minimum atomic E-state index is -4.96.